The average molecular weight is 367 g/mol. The minimum Gasteiger partial charge on any atom is -1.00 e. The normalized spacial score (nSPS) is 21.4. The van der Waals surface area contributed by atoms with Crippen molar-refractivity contribution in [3.63, 3.8) is 0 Å². The number of hydrogen-bond acceptors (Lipinski definition) is 0. The Labute approximate surface area is 137 Å². The van der Waals surface area contributed by atoms with Crippen molar-refractivity contribution in [1.82, 2.24) is 0 Å². The van der Waals surface area contributed by atoms with Gasteiger partial charge in [-0.15, -0.1) is 0 Å². The second-order valence-corrected chi connectivity index (χ2v) is 6.55. The van der Waals surface area contributed by atoms with Gasteiger partial charge in [-0.05, 0) is 0 Å². The van der Waals surface area contributed by atoms with E-state index in [9.17, 15) is 0 Å². The Kier molecular flexibility index (Phi) is 9.07. The molecule has 90 valence electrons. The van der Waals surface area contributed by atoms with Gasteiger partial charge in [-0.1, -0.05) is 0 Å². The molecule has 0 fully saturated rings. The Balaban J connectivity index is 0. The third kappa shape index (κ3) is 4.56. The Bertz CT molecular complexity index is 408. The maximum absolute atomic E-state index is 2.38. The van der Waals surface area contributed by atoms with Crippen molar-refractivity contribution in [3.05, 3.63) is 53.6 Å². The van der Waals surface area contributed by atoms with E-state index in [1.54, 1.807) is 24.7 Å². The Morgan fingerprint density at radius 2 is 1.53 bits per heavy atom. The van der Waals surface area contributed by atoms with Crippen LogP contribution in [0.15, 0.2) is 48.1 Å². The van der Waals surface area contributed by atoms with Crippen LogP contribution in [0.25, 0.3) is 5.57 Å². The average Bonchev–Trinajstić information content (AvgIpc) is 2.43. The van der Waals surface area contributed by atoms with Crippen LogP contribution in [-0.4, -0.2) is 0 Å². The van der Waals surface area contributed by atoms with Crippen LogP contribution < -0.4 is 37.2 Å². The summed E-state index contributed by atoms with van der Waals surface area (Å²) in [5.41, 5.74) is 4.19. The molecule has 1 aliphatic carbocycles. The summed E-state index contributed by atoms with van der Waals surface area (Å²) in [7, 11) is 0. The fraction of sp³-hybridized carbons (Fsp3) is 0.231. The molecule has 1 aliphatic rings. The van der Waals surface area contributed by atoms with Gasteiger partial charge in [-0.3, -0.25) is 0 Å². The second-order valence-electron chi connectivity index (χ2n) is 4.00. The Morgan fingerprint density at radius 3 is 1.94 bits per heavy atom. The van der Waals surface area contributed by atoms with E-state index in [1.807, 2.05) is 0 Å². The van der Waals surface area contributed by atoms with Crippen molar-refractivity contribution in [2.75, 3.05) is 0 Å². The topological polar surface area (TPSA) is 0 Å². The molecular weight excluding hydrogens is 354 g/mol. The first-order valence-corrected chi connectivity index (χ1v) is 6.04. The van der Waals surface area contributed by atoms with E-state index in [4.69, 9.17) is 0 Å². The first-order chi connectivity index (χ1) is 6.59. The van der Waals surface area contributed by atoms with Gasteiger partial charge in [0.1, 0.15) is 0 Å². The summed E-state index contributed by atoms with van der Waals surface area (Å²) in [4.78, 5) is 0. The molecule has 0 amide bonds. The maximum Gasteiger partial charge on any atom is -1.00 e. The number of rotatable bonds is 1. The molecule has 0 heterocycles. The number of halogens is 3. The van der Waals surface area contributed by atoms with Gasteiger partial charge in [0, 0.05) is 0 Å². The van der Waals surface area contributed by atoms with Gasteiger partial charge in [0.15, 0.2) is 0 Å². The molecule has 0 spiro atoms. The van der Waals surface area contributed by atoms with Gasteiger partial charge >= 0.3 is 101 Å². The van der Waals surface area contributed by atoms with Crippen LogP contribution in [0.3, 0.4) is 0 Å². The molecule has 0 saturated carbocycles. The van der Waals surface area contributed by atoms with Gasteiger partial charge in [-0.25, -0.2) is 0 Å². The van der Waals surface area contributed by atoms with Gasteiger partial charge in [0.25, 0.3) is 0 Å². The maximum atomic E-state index is 2.38. The van der Waals surface area contributed by atoms with E-state index in [0.717, 1.165) is 0 Å². The Morgan fingerprint density at radius 1 is 1.00 bits per heavy atom. The fourth-order valence-corrected chi connectivity index (χ4v) is 2.21. The minimum atomic E-state index is 0. The van der Waals surface area contributed by atoms with E-state index in [-0.39, 0.29) is 37.2 Å². The molecule has 0 nitrogen and oxygen atoms in total. The van der Waals surface area contributed by atoms with Gasteiger partial charge < -0.3 is 37.2 Å². The predicted octanol–water partition coefficient (Wildman–Crippen LogP) is -5.23. The van der Waals surface area contributed by atoms with Crippen molar-refractivity contribution >= 4 is 5.57 Å². The van der Waals surface area contributed by atoms with Gasteiger partial charge in [0.05, 0.1) is 0 Å². The zero-order valence-electron chi connectivity index (χ0n) is 9.68. The number of hydrogen-bond donors (Lipinski definition) is 0. The van der Waals surface area contributed by atoms with Gasteiger partial charge in [-0.2, -0.15) is 0 Å². The second kappa shape index (κ2) is 7.79. The quantitative estimate of drug-likeness (QED) is 0.466. The van der Waals surface area contributed by atoms with E-state index in [0.29, 0.717) is 3.12 Å². The zero-order valence-corrected chi connectivity index (χ0v) is 14.4. The molecule has 0 aromatic heterocycles. The van der Waals surface area contributed by atoms with Crippen molar-refractivity contribution in [3.8, 4) is 0 Å². The van der Waals surface area contributed by atoms with Crippen molar-refractivity contribution < 1.29 is 61.9 Å². The molecule has 1 aromatic carbocycles. The van der Waals surface area contributed by atoms with Crippen LogP contribution in [0, 0.1) is 0 Å². The smallest absolute Gasteiger partial charge is 1.00 e. The molecule has 0 N–H and O–H groups in total. The molecule has 1 unspecified atom stereocenters. The first kappa shape index (κ1) is 19.8. The van der Waals surface area contributed by atoms with Crippen LogP contribution in [0.2, 0.25) is 3.12 Å². The SMILES string of the molecule is CC1=CC(c2ccccc2)=C[C]1(C)[Zr+3].[Cl-].[Cl-].[Cl-]. The largest absolute Gasteiger partial charge is 1.00 e. The van der Waals surface area contributed by atoms with Gasteiger partial charge in [0.2, 0.25) is 0 Å². The van der Waals surface area contributed by atoms with E-state index < -0.39 is 0 Å². The summed E-state index contributed by atoms with van der Waals surface area (Å²) in [5, 5.41) is 0. The third-order valence-corrected chi connectivity index (χ3v) is 4.07. The summed E-state index contributed by atoms with van der Waals surface area (Å²) in [6, 6.07) is 10.6. The monoisotopic (exact) mass is 364 g/mol. The van der Waals surface area contributed by atoms with Crippen LogP contribution in [0.1, 0.15) is 19.4 Å². The van der Waals surface area contributed by atoms with Crippen LogP contribution >= 0.6 is 0 Å². The first-order valence-electron chi connectivity index (χ1n) is 4.82. The third-order valence-electron chi connectivity index (χ3n) is 2.74. The van der Waals surface area contributed by atoms with E-state index in [2.05, 4.69) is 56.3 Å². The summed E-state index contributed by atoms with van der Waals surface area (Å²) >= 11 is 1.57. The molecule has 0 aliphatic heterocycles. The molecule has 4 heteroatoms. The zero-order chi connectivity index (χ0) is 10.2. The summed E-state index contributed by atoms with van der Waals surface area (Å²) in [5.74, 6) is 0. The molecule has 2 rings (SSSR count). The number of allylic oxidation sites excluding steroid dienone is 4. The standard InChI is InChI=1S/C13H13.3ClH.Zr/c1-10-8-13(9-11(10)2)12-6-4-3-5-7-12;;;;/h3-9H,1-2H3;3*1H;/q;;;;+3/p-3. The molecule has 1 atom stereocenters. The van der Waals surface area contributed by atoms with Crippen LogP contribution in [0.5, 0.6) is 0 Å². The van der Waals surface area contributed by atoms with Crippen molar-refractivity contribution in [2.24, 2.45) is 0 Å². The predicted molar refractivity (Wildman–Crippen MR) is 56.5 cm³/mol. The van der Waals surface area contributed by atoms with Crippen LogP contribution in [-0.2, 0) is 24.7 Å². The van der Waals surface area contributed by atoms with E-state index in [1.165, 1.54) is 16.7 Å². The number of benzene rings is 1. The molecular formula is C13H13Cl3Zr. The molecule has 17 heavy (non-hydrogen) atoms. The van der Waals surface area contributed by atoms with E-state index >= 15 is 0 Å². The van der Waals surface area contributed by atoms with Crippen molar-refractivity contribution in [1.29, 1.82) is 0 Å². The fourth-order valence-electron chi connectivity index (χ4n) is 1.65. The molecule has 0 bridgehead atoms. The molecule has 0 saturated heterocycles. The summed E-state index contributed by atoms with van der Waals surface area (Å²) in [6.45, 7) is 4.52. The summed E-state index contributed by atoms with van der Waals surface area (Å²) in [6.07, 6.45) is 4.69. The Hall–Kier alpha value is 0.453. The minimum absolute atomic E-state index is 0. The van der Waals surface area contributed by atoms with Crippen LogP contribution in [0.4, 0.5) is 0 Å². The molecule has 1 aromatic rings. The molecule has 0 radical (unpaired) electrons. The van der Waals surface area contributed by atoms with Crippen molar-refractivity contribution in [2.45, 2.75) is 17.0 Å². The summed E-state index contributed by atoms with van der Waals surface area (Å²) < 4.78 is 0.317.